The summed E-state index contributed by atoms with van der Waals surface area (Å²) in [6.07, 6.45) is -1.42. The van der Waals surface area contributed by atoms with Gasteiger partial charge >= 0.3 is 6.36 Å². The van der Waals surface area contributed by atoms with E-state index in [2.05, 4.69) is 26.3 Å². The molecule has 160 valence electrons. The predicted molar refractivity (Wildman–Crippen MR) is 113 cm³/mol. The predicted octanol–water partition coefficient (Wildman–Crippen LogP) is 4.40. The zero-order valence-corrected chi connectivity index (χ0v) is 16.6. The number of thiocarbonyl (C=S) groups is 1. The molecular weight excluding hydrogens is 421 g/mol. The number of nitrogens with one attached hydrogen (secondary N) is 2. The zero-order chi connectivity index (χ0) is 22.7. The maximum Gasteiger partial charge on any atom is 0.573 e. The van der Waals surface area contributed by atoms with Gasteiger partial charge in [0.25, 0.3) is 0 Å². The Labute approximate surface area is 175 Å². The molecule has 2 aromatic carbocycles. The molecule has 0 spiro atoms. The van der Waals surface area contributed by atoms with Crippen molar-refractivity contribution >= 4 is 46.3 Å². The van der Waals surface area contributed by atoms with Crippen LogP contribution in [-0.4, -0.2) is 28.5 Å². The van der Waals surface area contributed by atoms with Gasteiger partial charge in [-0.2, -0.15) is 0 Å². The van der Waals surface area contributed by atoms with Crippen molar-refractivity contribution in [3.05, 3.63) is 60.4 Å². The minimum absolute atomic E-state index is 0.127. The third-order valence-corrected chi connectivity index (χ3v) is 3.74. The second-order valence-electron chi connectivity index (χ2n) is 5.53. The quantitative estimate of drug-likeness (QED) is 0.351. The molecule has 11 heteroatoms. The highest BCUT2D eigenvalue weighted by molar-refractivity contribution is 7.80. The molecule has 0 aliphatic carbocycles. The van der Waals surface area contributed by atoms with E-state index >= 15 is 0 Å². The number of pyridine rings is 1. The first-order chi connectivity index (χ1) is 14.3. The van der Waals surface area contributed by atoms with E-state index in [0.717, 1.165) is 16.3 Å². The molecule has 0 saturated carbocycles. The Morgan fingerprint density at radius 1 is 1.13 bits per heavy atom. The third-order valence-electron chi connectivity index (χ3n) is 3.54. The highest BCUT2D eigenvalue weighted by atomic mass is 32.1. The second-order valence-corrected chi connectivity index (χ2v) is 5.94. The number of halogens is 3. The van der Waals surface area contributed by atoms with Crippen LogP contribution in [-0.2, 0) is 4.79 Å². The number of anilines is 2. The van der Waals surface area contributed by atoms with Gasteiger partial charge in [-0.1, -0.05) is 18.2 Å². The van der Waals surface area contributed by atoms with Crippen molar-refractivity contribution < 1.29 is 27.9 Å². The van der Waals surface area contributed by atoms with Gasteiger partial charge in [0.1, 0.15) is 6.79 Å². The zero-order valence-electron chi connectivity index (χ0n) is 15.7. The number of alkyl halides is 3. The van der Waals surface area contributed by atoms with Crippen LogP contribution < -0.4 is 21.3 Å². The fourth-order valence-electron chi connectivity index (χ4n) is 2.46. The first-order valence-corrected chi connectivity index (χ1v) is 8.54. The van der Waals surface area contributed by atoms with Crippen LogP contribution in [0.3, 0.4) is 0 Å². The number of nitrogens with two attached hydrogens (primary N) is 1. The van der Waals surface area contributed by atoms with Crippen molar-refractivity contribution in [3.8, 4) is 5.75 Å². The molecule has 30 heavy (non-hydrogen) atoms. The third kappa shape index (κ3) is 7.28. The van der Waals surface area contributed by atoms with E-state index in [1.165, 1.54) is 18.2 Å². The normalized spacial score (nSPS) is 10.1. The summed E-state index contributed by atoms with van der Waals surface area (Å²) in [7, 11) is 0. The summed E-state index contributed by atoms with van der Waals surface area (Å²) >= 11 is 5.25. The Morgan fingerprint density at radius 2 is 1.80 bits per heavy atom. The monoisotopic (exact) mass is 440 g/mol. The fourth-order valence-corrected chi connectivity index (χ4v) is 2.68. The number of rotatable bonds is 3. The number of carbonyl (C=O) groups is 1. The lowest BCUT2D eigenvalue weighted by Crippen LogP contribution is -2.22. The first kappa shape index (κ1) is 24.8. The van der Waals surface area contributed by atoms with Crippen molar-refractivity contribution in [2.75, 3.05) is 10.6 Å². The Bertz CT molecular complexity index is 981. The number of hydrogen-bond donors (Lipinski definition) is 4. The summed E-state index contributed by atoms with van der Waals surface area (Å²) in [6.45, 7) is 3.76. The Balaban J connectivity index is 0.00000106. The number of carbonyl (C=O) groups excluding carboxylic acids is 1. The van der Waals surface area contributed by atoms with E-state index in [9.17, 15) is 13.2 Å². The summed E-state index contributed by atoms with van der Waals surface area (Å²) in [5.74, 6) is 3.15. The van der Waals surface area contributed by atoms with Crippen LogP contribution in [0.15, 0.2) is 54.9 Å². The van der Waals surface area contributed by atoms with Crippen molar-refractivity contribution in [1.82, 2.24) is 4.98 Å². The molecule has 7 nitrogen and oxygen atoms in total. The van der Waals surface area contributed by atoms with Crippen molar-refractivity contribution in [2.45, 2.75) is 13.3 Å². The molecule has 0 amide bonds. The smallest absolute Gasteiger partial charge is 0.404 e. The number of aromatic nitrogens is 1. The van der Waals surface area contributed by atoms with Gasteiger partial charge in [-0.25, -0.2) is 5.90 Å². The van der Waals surface area contributed by atoms with E-state index < -0.39 is 6.36 Å². The van der Waals surface area contributed by atoms with E-state index in [1.807, 2.05) is 31.1 Å². The molecule has 0 aliphatic rings. The summed E-state index contributed by atoms with van der Waals surface area (Å²) in [6, 6.07) is 11.7. The summed E-state index contributed by atoms with van der Waals surface area (Å²) in [5.41, 5.74) is 1.61. The number of ether oxygens (including phenoxy) is 1. The van der Waals surface area contributed by atoms with Gasteiger partial charge in [0.2, 0.25) is 0 Å². The van der Waals surface area contributed by atoms with Crippen LogP contribution in [0, 0.1) is 6.92 Å². The van der Waals surface area contributed by atoms with Crippen LogP contribution in [0.1, 0.15) is 5.56 Å². The molecule has 5 N–H and O–H groups in total. The maximum atomic E-state index is 12.6. The van der Waals surface area contributed by atoms with Crippen LogP contribution >= 0.6 is 12.2 Å². The van der Waals surface area contributed by atoms with Crippen molar-refractivity contribution in [1.29, 1.82) is 0 Å². The van der Waals surface area contributed by atoms with Gasteiger partial charge < -0.3 is 25.4 Å². The average molecular weight is 440 g/mol. The topological polar surface area (TPSA) is 110 Å². The standard InChI is InChI=1S/C18H14F3N3OS.CH2O.H3NO/c1-11-5-6-16(25-18(19,20)21)15(9-11)24-17(26)23-14-4-2-3-12-10-22-8-7-13(12)14;2*1-2/h2-10H,1H3,(H2,23,24,26);1H2;2H,1H2. The number of hydrogen-bond acceptors (Lipinski definition) is 6. The van der Waals surface area contributed by atoms with E-state index in [1.54, 1.807) is 19.3 Å². The molecule has 1 heterocycles. The minimum atomic E-state index is -4.79. The van der Waals surface area contributed by atoms with Crippen LogP contribution in [0.5, 0.6) is 5.75 Å². The molecule has 3 rings (SSSR count). The molecule has 3 aromatic rings. The summed E-state index contributed by atoms with van der Waals surface area (Å²) in [5, 5.41) is 14.2. The lowest BCUT2D eigenvalue weighted by atomic mass is 10.1. The number of aryl methyl sites for hydroxylation is 1. The van der Waals surface area contributed by atoms with Gasteiger partial charge in [-0.05, 0) is 49.0 Å². The molecule has 0 aliphatic heterocycles. The minimum Gasteiger partial charge on any atom is -0.404 e. The van der Waals surface area contributed by atoms with Crippen LogP contribution in [0.2, 0.25) is 0 Å². The van der Waals surface area contributed by atoms with Crippen molar-refractivity contribution in [3.63, 3.8) is 0 Å². The number of nitrogens with zero attached hydrogens (tertiary/aromatic N) is 1. The highest BCUT2D eigenvalue weighted by Crippen LogP contribution is 2.31. The molecule has 1 aromatic heterocycles. The second kappa shape index (κ2) is 11.7. The molecule has 0 bridgehead atoms. The first-order valence-electron chi connectivity index (χ1n) is 8.14. The summed E-state index contributed by atoms with van der Waals surface area (Å²) in [4.78, 5) is 12.1. The molecule has 0 radical (unpaired) electrons. The fraction of sp³-hybridized carbons (Fsp3) is 0.105. The van der Waals surface area contributed by atoms with Gasteiger partial charge in [-0.3, -0.25) is 4.98 Å². The van der Waals surface area contributed by atoms with E-state index in [4.69, 9.17) is 22.2 Å². The Kier molecular flexibility index (Phi) is 9.62. The SMILES string of the molecule is C=O.Cc1ccc(OC(F)(F)F)c(NC(=S)Nc2cccc3cnccc23)c1.NO. The largest absolute Gasteiger partial charge is 0.573 e. The van der Waals surface area contributed by atoms with Gasteiger partial charge in [0, 0.05) is 28.9 Å². The van der Waals surface area contributed by atoms with Crippen LogP contribution in [0.25, 0.3) is 10.8 Å². The molecule has 0 unspecified atom stereocenters. The average Bonchev–Trinajstić information content (AvgIpc) is 2.72. The van der Waals surface area contributed by atoms with E-state index in [0.29, 0.717) is 5.69 Å². The maximum absolute atomic E-state index is 12.6. The summed E-state index contributed by atoms with van der Waals surface area (Å²) < 4.78 is 41.8. The Morgan fingerprint density at radius 3 is 2.47 bits per heavy atom. The lowest BCUT2D eigenvalue weighted by molar-refractivity contribution is -0.274. The van der Waals surface area contributed by atoms with Crippen molar-refractivity contribution in [2.24, 2.45) is 5.90 Å². The highest BCUT2D eigenvalue weighted by Gasteiger charge is 2.32. The molecule has 0 fully saturated rings. The van der Waals surface area contributed by atoms with Gasteiger partial charge in [-0.15, -0.1) is 13.2 Å². The molecule has 0 atom stereocenters. The number of benzene rings is 2. The number of fused-ring (bicyclic) bond motifs is 1. The van der Waals surface area contributed by atoms with Gasteiger partial charge in [0.15, 0.2) is 10.9 Å². The molecular formula is C19H19F3N4O3S. The lowest BCUT2D eigenvalue weighted by Gasteiger charge is -2.17. The van der Waals surface area contributed by atoms with Crippen LogP contribution in [0.4, 0.5) is 24.5 Å². The van der Waals surface area contributed by atoms with E-state index in [-0.39, 0.29) is 16.5 Å². The molecule has 0 saturated heterocycles. The van der Waals surface area contributed by atoms with Gasteiger partial charge in [0.05, 0.1) is 5.69 Å². The Hall–Kier alpha value is -3.28.